The van der Waals surface area contributed by atoms with Crippen molar-refractivity contribution in [1.82, 2.24) is 19.6 Å². The Morgan fingerprint density at radius 3 is 2.53 bits per heavy atom. The molecule has 2 N–H and O–H groups in total. The van der Waals surface area contributed by atoms with E-state index >= 15 is 0 Å². The predicted molar refractivity (Wildman–Crippen MR) is 150 cm³/mol. The molecule has 0 unspecified atom stereocenters. The molecule has 0 saturated carbocycles. The Morgan fingerprint density at radius 2 is 1.79 bits per heavy atom. The van der Waals surface area contributed by atoms with Crippen molar-refractivity contribution in [3.05, 3.63) is 60.3 Å². The number of nitrogens with one attached hydrogen (secondary N) is 2. The fourth-order valence-electron chi connectivity index (χ4n) is 4.80. The quantitative estimate of drug-likeness (QED) is 0.413. The Labute approximate surface area is 225 Å². The molecule has 1 fully saturated rings. The molecule has 0 amide bonds. The summed E-state index contributed by atoms with van der Waals surface area (Å²) < 4.78 is 34.4. The highest BCUT2D eigenvalue weighted by molar-refractivity contribution is 7.89. The number of nitrogens with zero attached hydrogens (tertiary/aromatic N) is 4. The van der Waals surface area contributed by atoms with Gasteiger partial charge < -0.3 is 15.0 Å². The van der Waals surface area contributed by atoms with E-state index in [1.807, 2.05) is 62.2 Å². The Balaban J connectivity index is 1.26. The zero-order valence-corrected chi connectivity index (χ0v) is 23.1. The number of anilines is 4. The second kappa shape index (κ2) is 10.9. The summed E-state index contributed by atoms with van der Waals surface area (Å²) in [6, 6.07) is 14.8. The number of hydrogen-bond donors (Lipinski definition) is 2. The molecule has 3 heterocycles. The molecule has 0 bridgehead atoms. The summed E-state index contributed by atoms with van der Waals surface area (Å²) in [4.78, 5) is 14.0. The molecule has 0 aliphatic carbocycles. The average molecular weight is 537 g/mol. The highest BCUT2D eigenvalue weighted by atomic mass is 32.2. The molecule has 202 valence electrons. The molecule has 5 rings (SSSR count). The van der Waals surface area contributed by atoms with E-state index < -0.39 is 15.6 Å². The minimum atomic E-state index is -3.64. The Bertz CT molecular complexity index is 1370. The van der Waals surface area contributed by atoms with Gasteiger partial charge in [0, 0.05) is 41.8 Å². The lowest BCUT2D eigenvalue weighted by molar-refractivity contribution is 0.238. The third kappa shape index (κ3) is 6.43. The molecule has 1 aromatic heterocycles. The maximum Gasteiger partial charge on any atom is 0.241 e. The summed E-state index contributed by atoms with van der Waals surface area (Å²) >= 11 is 0. The van der Waals surface area contributed by atoms with Gasteiger partial charge in [-0.1, -0.05) is 6.07 Å². The van der Waals surface area contributed by atoms with Gasteiger partial charge in [-0.15, -0.1) is 0 Å². The van der Waals surface area contributed by atoms with Crippen LogP contribution in [0.1, 0.15) is 39.2 Å². The number of benzene rings is 2. The van der Waals surface area contributed by atoms with Gasteiger partial charge in [-0.2, -0.15) is 4.98 Å². The number of sulfonamides is 1. The molecular formula is C28H36N6O3S. The van der Waals surface area contributed by atoms with Crippen LogP contribution in [0.15, 0.2) is 59.6 Å². The summed E-state index contributed by atoms with van der Waals surface area (Å²) in [6.07, 6.45) is 5.19. The van der Waals surface area contributed by atoms with E-state index in [0.717, 1.165) is 41.5 Å². The average Bonchev–Trinajstić information content (AvgIpc) is 3.54. The Hall–Kier alpha value is -3.21. The molecule has 0 atom stereocenters. The van der Waals surface area contributed by atoms with Crippen LogP contribution in [0.25, 0.3) is 0 Å². The molecule has 38 heavy (non-hydrogen) atoms. The van der Waals surface area contributed by atoms with Gasteiger partial charge in [0.2, 0.25) is 16.0 Å². The van der Waals surface area contributed by atoms with Crippen molar-refractivity contribution in [3.8, 4) is 5.75 Å². The van der Waals surface area contributed by atoms with E-state index in [-0.39, 0.29) is 4.90 Å². The van der Waals surface area contributed by atoms with Gasteiger partial charge in [0.1, 0.15) is 18.2 Å². The van der Waals surface area contributed by atoms with Gasteiger partial charge in [-0.3, -0.25) is 4.90 Å². The second-order valence-corrected chi connectivity index (χ2v) is 12.5. The molecule has 1 saturated heterocycles. The van der Waals surface area contributed by atoms with Crippen LogP contribution in [0.5, 0.6) is 5.75 Å². The first-order valence-electron chi connectivity index (χ1n) is 13.2. The predicted octanol–water partition coefficient (Wildman–Crippen LogP) is 4.47. The fraction of sp³-hybridized carbons (Fsp3) is 0.429. The summed E-state index contributed by atoms with van der Waals surface area (Å²) in [6.45, 7) is 10.2. The summed E-state index contributed by atoms with van der Waals surface area (Å²) in [5.74, 6) is 2.10. The Kier molecular flexibility index (Phi) is 7.56. The van der Waals surface area contributed by atoms with Crippen molar-refractivity contribution in [2.75, 3.05) is 43.0 Å². The van der Waals surface area contributed by atoms with Crippen molar-refractivity contribution in [2.45, 2.75) is 50.5 Å². The molecule has 0 radical (unpaired) electrons. The highest BCUT2D eigenvalue weighted by Crippen LogP contribution is 2.34. The molecule has 2 aliphatic rings. The lowest BCUT2D eigenvalue weighted by atomic mass is 10.1. The van der Waals surface area contributed by atoms with Gasteiger partial charge >= 0.3 is 0 Å². The van der Waals surface area contributed by atoms with Gasteiger partial charge in [-0.25, -0.2) is 18.1 Å². The minimum Gasteiger partial charge on any atom is -0.492 e. The first-order valence-corrected chi connectivity index (χ1v) is 14.6. The normalized spacial score (nSPS) is 16.0. The number of fused-ring (bicyclic) bond motifs is 1. The minimum absolute atomic E-state index is 0.230. The third-order valence-corrected chi connectivity index (χ3v) is 8.32. The first-order chi connectivity index (χ1) is 18.2. The Morgan fingerprint density at radius 1 is 1.03 bits per heavy atom. The summed E-state index contributed by atoms with van der Waals surface area (Å²) in [5.41, 5.74) is 2.10. The molecule has 0 spiro atoms. The van der Waals surface area contributed by atoms with Crippen LogP contribution in [0.3, 0.4) is 0 Å². The third-order valence-electron chi connectivity index (χ3n) is 6.57. The number of hydrogen-bond acceptors (Lipinski definition) is 8. The molecule has 3 aromatic rings. The van der Waals surface area contributed by atoms with Crippen LogP contribution in [-0.4, -0.2) is 61.6 Å². The highest BCUT2D eigenvalue weighted by Gasteiger charge is 2.26. The molecule has 2 aromatic carbocycles. The van der Waals surface area contributed by atoms with Gasteiger partial charge in [0.25, 0.3) is 0 Å². The van der Waals surface area contributed by atoms with Crippen LogP contribution in [0, 0.1) is 0 Å². The molecule has 9 nitrogen and oxygen atoms in total. The number of likely N-dealkylation sites (tertiary alicyclic amines) is 1. The largest absolute Gasteiger partial charge is 0.492 e. The zero-order valence-electron chi connectivity index (χ0n) is 22.3. The first kappa shape index (κ1) is 26.4. The van der Waals surface area contributed by atoms with Gasteiger partial charge in [-0.05, 0) is 95.6 Å². The maximum atomic E-state index is 12.9. The van der Waals surface area contributed by atoms with Crippen molar-refractivity contribution >= 4 is 33.2 Å². The number of rotatable bonds is 9. The van der Waals surface area contributed by atoms with E-state index in [1.165, 1.54) is 25.9 Å². The van der Waals surface area contributed by atoms with E-state index in [9.17, 15) is 8.42 Å². The van der Waals surface area contributed by atoms with E-state index in [2.05, 4.69) is 19.9 Å². The zero-order chi connectivity index (χ0) is 26.8. The molecule has 10 heteroatoms. The summed E-state index contributed by atoms with van der Waals surface area (Å²) in [5, 5.41) is 3.28. The van der Waals surface area contributed by atoms with Crippen LogP contribution in [0.2, 0.25) is 0 Å². The SMILES string of the molecule is CC(C)(C)NS(=O)(=O)c1cccc(N2CCc3cnc(Nc4ccc(OCCN5CCCC5)cc4)nc32)c1. The van der Waals surface area contributed by atoms with E-state index in [1.54, 1.807) is 18.2 Å². The lowest BCUT2D eigenvalue weighted by Crippen LogP contribution is -2.40. The number of aromatic nitrogens is 2. The maximum absolute atomic E-state index is 12.9. The second-order valence-electron chi connectivity index (χ2n) is 10.8. The fourth-order valence-corrected chi connectivity index (χ4v) is 6.26. The van der Waals surface area contributed by atoms with Gasteiger partial charge in [0.05, 0.1) is 4.90 Å². The van der Waals surface area contributed by atoms with Crippen LogP contribution >= 0.6 is 0 Å². The van der Waals surface area contributed by atoms with Gasteiger partial charge in [0.15, 0.2) is 0 Å². The van der Waals surface area contributed by atoms with Crippen molar-refractivity contribution in [1.29, 1.82) is 0 Å². The van der Waals surface area contributed by atoms with E-state index in [4.69, 9.17) is 9.72 Å². The smallest absolute Gasteiger partial charge is 0.241 e. The van der Waals surface area contributed by atoms with Crippen LogP contribution in [-0.2, 0) is 16.4 Å². The standard InChI is InChI=1S/C28H36N6O3S/c1-28(2,3)32-38(35,36)25-8-6-7-23(19-25)34-16-13-21-20-29-27(31-26(21)34)30-22-9-11-24(12-10-22)37-18-17-33-14-4-5-15-33/h6-12,19-20,32H,4-5,13-18H2,1-3H3,(H,29,30,31). The van der Waals surface area contributed by atoms with Crippen molar-refractivity contribution in [3.63, 3.8) is 0 Å². The monoisotopic (exact) mass is 536 g/mol. The van der Waals surface area contributed by atoms with Crippen molar-refractivity contribution in [2.24, 2.45) is 0 Å². The molecule has 2 aliphatic heterocycles. The number of ether oxygens (including phenoxy) is 1. The van der Waals surface area contributed by atoms with Crippen LogP contribution in [0.4, 0.5) is 23.1 Å². The van der Waals surface area contributed by atoms with Crippen molar-refractivity contribution < 1.29 is 13.2 Å². The molecular weight excluding hydrogens is 500 g/mol. The lowest BCUT2D eigenvalue weighted by Gasteiger charge is -2.22. The van der Waals surface area contributed by atoms with E-state index in [0.29, 0.717) is 19.1 Å². The summed E-state index contributed by atoms with van der Waals surface area (Å²) in [7, 11) is -3.64. The van der Waals surface area contributed by atoms with Crippen LogP contribution < -0.4 is 19.7 Å². The topological polar surface area (TPSA) is 99.7 Å².